The van der Waals surface area contributed by atoms with E-state index in [-0.39, 0.29) is 16.7 Å². The number of unbranched alkanes of at least 4 members (excludes halogenated alkanes) is 4. The molecule has 1 aromatic rings. The van der Waals surface area contributed by atoms with Crippen LogP contribution in [0.25, 0.3) is 0 Å². The maximum Gasteiger partial charge on any atom is 0.417 e. The zero-order chi connectivity index (χ0) is 25.8. The molecule has 192 valence electrons. The maximum absolute atomic E-state index is 13.4. The molecule has 0 N–H and O–H groups in total. The van der Waals surface area contributed by atoms with E-state index in [1.54, 1.807) is 24.8 Å². The number of benzene rings is 1. The van der Waals surface area contributed by atoms with E-state index >= 15 is 0 Å². The highest BCUT2D eigenvalue weighted by Gasteiger charge is 2.49. The highest BCUT2D eigenvalue weighted by Crippen LogP contribution is 2.38. The SMILES string of the molecule is CN1CCN(CCCCCCCN2C(=S)N(c3ccc(C#N)c(C(F)(F)F)c3)C(=O)C2(C)C)CC1. The van der Waals surface area contributed by atoms with Crippen LogP contribution in [0, 0.1) is 11.3 Å². The average molecular weight is 510 g/mol. The van der Waals surface area contributed by atoms with Crippen molar-refractivity contribution in [2.24, 2.45) is 0 Å². The van der Waals surface area contributed by atoms with Gasteiger partial charge in [0, 0.05) is 32.7 Å². The summed E-state index contributed by atoms with van der Waals surface area (Å²) in [7, 11) is 2.15. The summed E-state index contributed by atoms with van der Waals surface area (Å²) in [5, 5.41) is 9.25. The molecule has 2 aliphatic rings. The number of piperazine rings is 1. The van der Waals surface area contributed by atoms with Crippen LogP contribution in [-0.4, -0.2) is 77.6 Å². The van der Waals surface area contributed by atoms with Gasteiger partial charge in [0.1, 0.15) is 5.54 Å². The minimum absolute atomic E-state index is 0.0332. The fourth-order valence-electron chi connectivity index (χ4n) is 4.65. The van der Waals surface area contributed by atoms with Crippen LogP contribution in [0.4, 0.5) is 18.9 Å². The van der Waals surface area contributed by atoms with Gasteiger partial charge in [0.25, 0.3) is 5.91 Å². The summed E-state index contributed by atoms with van der Waals surface area (Å²) < 4.78 is 40.3. The predicted octanol–water partition coefficient (Wildman–Crippen LogP) is 4.49. The molecule has 0 saturated carbocycles. The average Bonchev–Trinajstić information content (AvgIpc) is 2.97. The first kappa shape index (κ1) is 27.4. The largest absolute Gasteiger partial charge is 0.417 e. The Morgan fingerprint density at radius 1 is 1.03 bits per heavy atom. The lowest BCUT2D eigenvalue weighted by Crippen LogP contribution is -2.44. The van der Waals surface area contributed by atoms with Crippen LogP contribution >= 0.6 is 12.2 Å². The number of nitriles is 1. The third-order valence-corrected chi connectivity index (χ3v) is 7.37. The van der Waals surface area contributed by atoms with Crippen molar-refractivity contribution in [1.82, 2.24) is 14.7 Å². The molecule has 10 heteroatoms. The Morgan fingerprint density at radius 2 is 1.63 bits per heavy atom. The number of hydrogen-bond donors (Lipinski definition) is 0. The Labute approximate surface area is 211 Å². The summed E-state index contributed by atoms with van der Waals surface area (Å²) in [5.74, 6) is -0.368. The zero-order valence-electron chi connectivity index (χ0n) is 20.7. The Hall–Kier alpha value is -2.22. The molecule has 0 aliphatic carbocycles. The van der Waals surface area contributed by atoms with Gasteiger partial charge in [-0.2, -0.15) is 18.4 Å². The van der Waals surface area contributed by atoms with E-state index in [0.29, 0.717) is 6.54 Å². The Balaban J connectivity index is 1.54. The Kier molecular flexibility index (Phi) is 8.78. The quantitative estimate of drug-likeness (QED) is 0.361. The normalized spacial score (nSPS) is 19.5. The van der Waals surface area contributed by atoms with Crippen molar-refractivity contribution in [3.63, 3.8) is 0 Å². The second kappa shape index (κ2) is 11.2. The van der Waals surface area contributed by atoms with Crippen molar-refractivity contribution in [3.05, 3.63) is 29.3 Å². The smallest absolute Gasteiger partial charge is 0.334 e. The molecule has 0 spiro atoms. The number of anilines is 1. The number of likely N-dealkylation sites (N-methyl/N-ethyl adjacent to an activating group) is 1. The monoisotopic (exact) mass is 509 g/mol. The molecule has 6 nitrogen and oxygen atoms in total. The Morgan fingerprint density at radius 3 is 2.23 bits per heavy atom. The van der Waals surface area contributed by atoms with Gasteiger partial charge in [-0.1, -0.05) is 19.3 Å². The number of hydrogen-bond acceptors (Lipinski definition) is 5. The van der Waals surface area contributed by atoms with Crippen molar-refractivity contribution in [2.75, 3.05) is 51.2 Å². The lowest BCUT2D eigenvalue weighted by Gasteiger charge is -2.32. The van der Waals surface area contributed by atoms with Crippen molar-refractivity contribution in [2.45, 2.75) is 57.7 Å². The van der Waals surface area contributed by atoms with Crippen LogP contribution in [0.15, 0.2) is 18.2 Å². The third kappa shape index (κ3) is 6.32. The molecule has 1 aromatic carbocycles. The van der Waals surface area contributed by atoms with Gasteiger partial charge in [0.15, 0.2) is 5.11 Å². The van der Waals surface area contributed by atoms with Gasteiger partial charge in [0.2, 0.25) is 0 Å². The van der Waals surface area contributed by atoms with Gasteiger partial charge in [-0.15, -0.1) is 0 Å². The van der Waals surface area contributed by atoms with Crippen LogP contribution < -0.4 is 4.90 Å². The fraction of sp³-hybridized carbons (Fsp3) is 0.640. The summed E-state index contributed by atoms with van der Waals surface area (Å²) >= 11 is 5.54. The minimum atomic E-state index is -4.70. The summed E-state index contributed by atoms with van der Waals surface area (Å²) in [4.78, 5) is 21.0. The summed E-state index contributed by atoms with van der Waals surface area (Å²) in [5.41, 5.74) is -2.47. The summed E-state index contributed by atoms with van der Waals surface area (Å²) in [6, 6.07) is 4.84. The molecule has 0 aromatic heterocycles. The van der Waals surface area contributed by atoms with Gasteiger partial charge >= 0.3 is 6.18 Å². The first-order valence-corrected chi connectivity index (χ1v) is 12.6. The highest BCUT2D eigenvalue weighted by atomic mass is 32.1. The van der Waals surface area contributed by atoms with Gasteiger partial charge in [-0.25, -0.2) is 0 Å². The molecule has 2 saturated heterocycles. The summed E-state index contributed by atoms with van der Waals surface area (Å²) in [6.07, 6.45) is 0.560. The molecule has 2 aliphatic heterocycles. The molecule has 3 rings (SSSR count). The standard InChI is InChI=1S/C25H34F3N5OS/c1-24(2)22(34)33(20-10-9-19(18-29)21(17-20)25(26,27)28)23(35)32(24)12-8-6-4-5-7-11-31-15-13-30(3)14-16-31/h9-10,17H,4-8,11-16H2,1-3H3. The molecule has 35 heavy (non-hydrogen) atoms. The fourth-order valence-corrected chi connectivity index (χ4v) is 5.16. The van der Waals surface area contributed by atoms with E-state index in [1.165, 1.54) is 17.4 Å². The molecule has 0 bridgehead atoms. The lowest BCUT2D eigenvalue weighted by molar-refractivity contribution is -0.137. The molecule has 2 heterocycles. The number of halogens is 3. The van der Waals surface area contributed by atoms with Crippen LogP contribution in [0.3, 0.4) is 0 Å². The van der Waals surface area contributed by atoms with Crippen LogP contribution in [-0.2, 0) is 11.0 Å². The van der Waals surface area contributed by atoms with Crippen molar-refractivity contribution in [1.29, 1.82) is 5.26 Å². The number of nitrogens with zero attached hydrogens (tertiary/aromatic N) is 5. The lowest BCUT2D eigenvalue weighted by atomic mass is 10.0. The van der Waals surface area contributed by atoms with Crippen molar-refractivity contribution < 1.29 is 18.0 Å². The van der Waals surface area contributed by atoms with E-state index in [4.69, 9.17) is 17.5 Å². The molecule has 0 unspecified atom stereocenters. The molecule has 2 fully saturated rings. The van der Waals surface area contributed by atoms with Gasteiger partial charge in [0.05, 0.1) is 22.9 Å². The van der Waals surface area contributed by atoms with Crippen LogP contribution in [0.2, 0.25) is 0 Å². The van der Waals surface area contributed by atoms with E-state index in [1.807, 2.05) is 0 Å². The van der Waals surface area contributed by atoms with Gasteiger partial charge in [-0.3, -0.25) is 9.69 Å². The third-order valence-electron chi connectivity index (χ3n) is 6.96. The van der Waals surface area contributed by atoms with Gasteiger partial charge in [-0.05, 0) is 70.7 Å². The van der Waals surface area contributed by atoms with Crippen molar-refractivity contribution >= 4 is 28.9 Å². The number of carbonyl (C=O) groups excluding carboxylic acids is 1. The maximum atomic E-state index is 13.4. The second-order valence-electron chi connectivity index (χ2n) is 9.89. The Bertz CT molecular complexity index is 967. The van der Waals surface area contributed by atoms with E-state index in [2.05, 4.69) is 16.8 Å². The van der Waals surface area contributed by atoms with Gasteiger partial charge < -0.3 is 14.7 Å². The first-order valence-electron chi connectivity index (χ1n) is 12.1. The second-order valence-corrected chi connectivity index (χ2v) is 10.3. The number of thiocarbonyl (C=S) groups is 1. The topological polar surface area (TPSA) is 53.8 Å². The molecular weight excluding hydrogens is 475 g/mol. The van der Waals surface area contributed by atoms with Crippen LogP contribution in [0.5, 0.6) is 0 Å². The summed E-state index contributed by atoms with van der Waals surface area (Å²) in [6.45, 7) is 9.69. The number of rotatable bonds is 9. The molecule has 0 radical (unpaired) electrons. The van der Waals surface area contributed by atoms with Crippen molar-refractivity contribution in [3.8, 4) is 6.07 Å². The van der Waals surface area contributed by atoms with E-state index in [0.717, 1.165) is 70.5 Å². The predicted molar refractivity (Wildman–Crippen MR) is 134 cm³/mol. The van der Waals surface area contributed by atoms with Crippen LogP contribution in [0.1, 0.15) is 57.1 Å². The molecule has 0 atom stereocenters. The minimum Gasteiger partial charge on any atom is -0.334 e. The van der Waals surface area contributed by atoms with E-state index < -0.39 is 22.8 Å². The zero-order valence-corrected chi connectivity index (χ0v) is 21.5. The molecular formula is C25H34F3N5OS. The number of amides is 1. The van der Waals surface area contributed by atoms with E-state index in [9.17, 15) is 18.0 Å². The number of alkyl halides is 3. The first-order chi connectivity index (χ1) is 16.5. The molecule has 1 amide bonds. The highest BCUT2D eigenvalue weighted by molar-refractivity contribution is 7.80. The number of carbonyl (C=O) groups is 1.